The van der Waals surface area contributed by atoms with Crippen molar-refractivity contribution in [1.29, 1.82) is 0 Å². The number of nitrogens with zero attached hydrogens (tertiary/aromatic N) is 1. The van der Waals surface area contributed by atoms with E-state index >= 15 is 0 Å². The molecule has 0 radical (unpaired) electrons. The second kappa shape index (κ2) is 5.12. The molecule has 0 saturated carbocycles. The minimum Gasteiger partial charge on any atom is -0.461 e. The highest BCUT2D eigenvalue weighted by atomic mass is 16.5. The van der Waals surface area contributed by atoms with Gasteiger partial charge < -0.3 is 4.74 Å². The average molecular weight is 219 g/mol. The van der Waals surface area contributed by atoms with Gasteiger partial charge >= 0.3 is 5.97 Å². The maximum atomic E-state index is 11.5. The van der Waals surface area contributed by atoms with E-state index in [0.29, 0.717) is 25.1 Å². The Hall–Kier alpha value is -1.35. The number of likely N-dealkylation sites (tertiary alicyclic amines) is 1. The van der Waals surface area contributed by atoms with Crippen molar-refractivity contribution < 1.29 is 9.53 Å². The maximum absolute atomic E-state index is 11.5. The number of hydrogen-bond acceptors (Lipinski definition) is 3. The highest BCUT2D eigenvalue weighted by Crippen LogP contribution is 2.28. The van der Waals surface area contributed by atoms with Crippen LogP contribution >= 0.6 is 0 Å². The topological polar surface area (TPSA) is 29.5 Å². The lowest BCUT2D eigenvalue weighted by molar-refractivity contribution is -0.143. The first kappa shape index (κ1) is 11.1. The van der Waals surface area contributed by atoms with E-state index in [9.17, 15) is 4.79 Å². The van der Waals surface area contributed by atoms with Crippen molar-refractivity contribution in [3.8, 4) is 0 Å². The molecule has 0 aromatic carbocycles. The Morgan fingerprint density at radius 3 is 3.12 bits per heavy atom. The van der Waals surface area contributed by atoms with Crippen LogP contribution in [0.15, 0.2) is 37.0 Å². The van der Waals surface area contributed by atoms with Gasteiger partial charge in [-0.15, -0.1) is 0 Å². The maximum Gasteiger partial charge on any atom is 0.320 e. The third-order valence-electron chi connectivity index (χ3n) is 3.08. The lowest BCUT2D eigenvalue weighted by Gasteiger charge is -2.24. The molecule has 3 nitrogen and oxygen atoms in total. The summed E-state index contributed by atoms with van der Waals surface area (Å²) in [6.45, 7) is 5.17. The molecule has 0 spiro atoms. The van der Waals surface area contributed by atoms with Gasteiger partial charge in [0.05, 0.1) is 6.54 Å². The number of ether oxygens (including phenoxy) is 1. The molecule has 3 heteroatoms. The van der Waals surface area contributed by atoms with E-state index in [-0.39, 0.29) is 5.97 Å². The largest absolute Gasteiger partial charge is 0.461 e. The molecule has 2 rings (SSSR count). The van der Waals surface area contributed by atoms with Crippen LogP contribution in [0.5, 0.6) is 0 Å². The number of carbonyl (C=O) groups is 1. The van der Waals surface area contributed by atoms with Gasteiger partial charge in [0.25, 0.3) is 0 Å². The molecule has 86 valence electrons. The molecule has 0 bridgehead atoms. The first-order chi connectivity index (χ1) is 7.81. The first-order valence-electron chi connectivity index (χ1n) is 5.67. The van der Waals surface area contributed by atoms with Gasteiger partial charge in [-0.25, -0.2) is 0 Å². The molecule has 0 amide bonds. The van der Waals surface area contributed by atoms with Gasteiger partial charge in [-0.05, 0) is 18.9 Å². The van der Waals surface area contributed by atoms with Gasteiger partial charge in [0.15, 0.2) is 0 Å². The minimum atomic E-state index is -0.163. The number of rotatable bonds is 4. The zero-order valence-electron chi connectivity index (χ0n) is 9.34. The van der Waals surface area contributed by atoms with E-state index < -0.39 is 0 Å². The van der Waals surface area contributed by atoms with Crippen molar-refractivity contribution in [2.75, 3.05) is 19.7 Å². The quantitative estimate of drug-likeness (QED) is 0.530. The molecule has 1 saturated heterocycles. The molecule has 1 aliphatic heterocycles. The summed E-state index contributed by atoms with van der Waals surface area (Å²) in [5, 5.41) is 0. The van der Waals surface area contributed by atoms with Crippen LogP contribution in [0.3, 0.4) is 0 Å². The first-order valence-corrected chi connectivity index (χ1v) is 5.67. The summed E-state index contributed by atoms with van der Waals surface area (Å²) < 4.78 is 4.99. The van der Waals surface area contributed by atoms with Crippen LogP contribution in [0.4, 0.5) is 0 Å². The van der Waals surface area contributed by atoms with Crippen LogP contribution in [-0.2, 0) is 9.53 Å². The molecule has 1 heterocycles. The SMILES string of the molecule is C=CCOC(=O)CN1CCC2C=CC=CC21. The standard InChI is InChI=1S/C13H17NO2/c1-2-9-16-13(15)10-14-8-7-11-5-3-4-6-12(11)14/h2-6,11-12H,1,7-10H2. The number of hydrogen-bond donors (Lipinski definition) is 0. The Labute approximate surface area is 96.1 Å². The summed E-state index contributed by atoms with van der Waals surface area (Å²) in [6.07, 6.45) is 11.2. The lowest BCUT2D eigenvalue weighted by Crippen LogP contribution is -2.36. The van der Waals surface area contributed by atoms with Crippen molar-refractivity contribution in [3.63, 3.8) is 0 Å². The van der Waals surface area contributed by atoms with Crippen molar-refractivity contribution in [1.82, 2.24) is 4.90 Å². The second-order valence-corrected chi connectivity index (χ2v) is 4.16. The Kier molecular flexibility index (Phi) is 3.57. The zero-order chi connectivity index (χ0) is 11.4. The van der Waals surface area contributed by atoms with E-state index in [1.165, 1.54) is 0 Å². The summed E-state index contributed by atoms with van der Waals surface area (Å²) >= 11 is 0. The predicted octanol–water partition coefficient (Wildman–Crippen LogP) is 1.53. The number of carbonyl (C=O) groups excluding carboxylic acids is 1. The summed E-state index contributed by atoms with van der Waals surface area (Å²) in [5.41, 5.74) is 0. The van der Waals surface area contributed by atoms with Crippen LogP contribution in [0.1, 0.15) is 6.42 Å². The highest BCUT2D eigenvalue weighted by molar-refractivity contribution is 5.72. The molecule has 1 fully saturated rings. The third kappa shape index (κ3) is 2.42. The molecule has 1 aliphatic carbocycles. The van der Waals surface area contributed by atoms with Crippen molar-refractivity contribution in [2.24, 2.45) is 5.92 Å². The smallest absolute Gasteiger partial charge is 0.320 e. The number of allylic oxidation sites excluding steroid dienone is 2. The van der Waals surface area contributed by atoms with Gasteiger partial charge in [0, 0.05) is 6.04 Å². The van der Waals surface area contributed by atoms with Gasteiger partial charge in [0.1, 0.15) is 6.61 Å². The molecule has 16 heavy (non-hydrogen) atoms. The van der Waals surface area contributed by atoms with Crippen LogP contribution in [0.2, 0.25) is 0 Å². The van der Waals surface area contributed by atoms with Crippen LogP contribution in [0.25, 0.3) is 0 Å². The molecule has 0 aromatic rings. The van der Waals surface area contributed by atoms with Crippen LogP contribution in [-0.4, -0.2) is 36.6 Å². The predicted molar refractivity (Wildman–Crippen MR) is 62.9 cm³/mol. The summed E-state index contributed by atoms with van der Waals surface area (Å²) in [5.74, 6) is 0.403. The molecule has 2 aliphatic rings. The van der Waals surface area contributed by atoms with E-state index in [1.54, 1.807) is 6.08 Å². The normalized spacial score (nSPS) is 27.8. The van der Waals surface area contributed by atoms with E-state index in [4.69, 9.17) is 4.74 Å². The van der Waals surface area contributed by atoms with Gasteiger partial charge in [0.2, 0.25) is 0 Å². The fourth-order valence-corrected chi connectivity index (χ4v) is 2.31. The number of esters is 1. The van der Waals surface area contributed by atoms with Crippen LogP contribution in [0, 0.1) is 5.92 Å². The summed E-state index contributed by atoms with van der Waals surface area (Å²) in [7, 11) is 0. The Bertz CT molecular complexity index is 333. The minimum absolute atomic E-state index is 0.163. The lowest BCUT2D eigenvalue weighted by atomic mass is 9.96. The van der Waals surface area contributed by atoms with E-state index in [0.717, 1.165) is 13.0 Å². The van der Waals surface area contributed by atoms with Crippen molar-refractivity contribution in [3.05, 3.63) is 37.0 Å². The average Bonchev–Trinajstić information content (AvgIpc) is 2.70. The van der Waals surface area contributed by atoms with Gasteiger partial charge in [-0.3, -0.25) is 9.69 Å². The molecule has 2 atom stereocenters. The van der Waals surface area contributed by atoms with Crippen molar-refractivity contribution >= 4 is 5.97 Å². The van der Waals surface area contributed by atoms with E-state index in [1.807, 2.05) is 0 Å². The second-order valence-electron chi connectivity index (χ2n) is 4.16. The summed E-state index contributed by atoms with van der Waals surface area (Å²) in [6, 6.07) is 0.376. The van der Waals surface area contributed by atoms with Crippen LogP contribution < -0.4 is 0 Å². The zero-order valence-corrected chi connectivity index (χ0v) is 9.34. The molecular weight excluding hydrogens is 202 g/mol. The fourth-order valence-electron chi connectivity index (χ4n) is 2.31. The molecular formula is C13H17NO2. The monoisotopic (exact) mass is 219 g/mol. The van der Waals surface area contributed by atoms with E-state index in [2.05, 4.69) is 35.8 Å². The fraction of sp³-hybridized carbons (Fsp3) is 0.462. The molecule has 0 N–H and O–H groups in total. The molecule has 2 unspecified atom stereocenters. The third-order valence-corrected chi connectivity index (χ3v) is 3.08. The van der Waals surface area contributed by atoms with Gasteiger partial charge in [-0.2, -0.15) is 0 Å². The Balaban J connectivity index is 1.86. The highest BCUT2D eigenvalue weighted by Gasteiger charge is 2.32. The van der Waals surface area contributed by atoms with Crippen molar-refractivity contribution in [2.45, 2.75) is 12.5 Å². The Morgan fingerprint density at radius 2 is 2.31 bits per heavy atom. The summed E-state index contributed by atoms with van der Waals surface area (Å²) in [4.78, 5) is 13.7. The van der Waals surface area contributed by atoms with Gasteiger partial charge in [-0.1, -0.05) is 37.0 Å². The Morgan fingerprint density at radius 1 is 1.50 bits per heavy atom. The number of fused-ring (bicyclic) bond motifs is 1. The molecule has 0 aromatic heterocycles.